The van der Waals surface area contributed by atoms with E-state index in [9.17, 15) is 4.79 Å². The summed E-state index contributed by atoms with van der Waals surface area (Å²) < 4.78 is 4.43. The maximum atomic E-state index is 12.2. The van der Waals surface area contributed by atoms with Gasteiger partial charge >= 0.3 is 0 Å². The van der Waals surface area contributed by atoms with Crippen molar-refractivity contribution in [2.24, 2.45) is 18.9 Å². The Morgan fingerprint density at radius 2 is 1.93 bits per heavy atom. The zero-order valence-corrected chi connectivity index (χ0v) is 15.8. The van der Waals surface area contributed by atoms with E-state index in [-0.39, 0.29) is 0 Å². The number of carbonyl (C=O) groups excluding carboxylic acids is 1. The van der Waals surface area contributed by atoms with Crippen LogP contribution in [-0.4, -0.2) is 38.0 Å². The summed E-state index contributed by atoms with van der Waals surface area (Å²) in [5.74, 6) is 2.39. The number of piperidine rings is 1. The van der Waals surface area contributed by atoms with E-state index in [1.165, 1.54) is 16.5 Å². The normalized spacial score (nSPS) is 18.3. The molecule has 5 rings (SSSR count). The molecule has 1 aromatic carbocycles. The number of carbonyl (C=O) groups is 1. The average molecular weight is 362 g/mol. The molecule has 1 amide bonds. The second-order valence-corrected chi connectivity index (χ2v) is 8.15. The van der Waals surface area contributed by atoms with E-state index in [1.54, 1.807) is 0 Å². The summed E-state index contributed by atoms with van der Waals surface area (Å²) in [6.07, 6.45) is 10.5. The van der Waals surface area contributed by atoms with Crippen LogP contribution >= 0.6 is 0 Å². The molecular weight excluding hydrogens is 336 g/mol. The highest BCUT2D eigenvalue weighted by Crippen LogP contribution is 2.33. The van der Waals surface area contributed by atoms with Crippen molar-refractivity contribution >= 4 is 16.8 Å². The van der Waals surface area contributed by atoms with Crippen molar-refractivity contribution in [3.05, 3.63) is 42.9 Å². The van der Waals surface area contributed by atoms with E-state index in [1.807, 2.05) is 6.20 Å². The summed E-state index contributed by atoms with van der Waals surface area (Å²) in [5.41, 5.74) is 2.41. The van der Waals surface area contributed by atoms with E-state index < -0.39 is 0 Å². The third-order valence-electron chi connectivity index (χ3n) is 6.17. The van der Waals surface area contributed by atoms with Crippen LogP contribution in [0.2, 0.25) is 0 Å². The molecule has 0 N–H and O–H groups in total. The lowest BCUT2D eigenvalue weighted by molar-refractivity contribution is -0.134. The highest BCUT2D eigenvalue weighted by molar-refractivity contribution is 5.84. The molecule has 0 spiro atoms. The van der Waals surface area contributed by atoms with Crippen LogP contribution in [0.1, 0.15) is 25.7 Å². The molecule has 2 aromatic heterocycles. The lowest BCUT2D eigenvalue weighted by Crippen LogP contribution is -2.40. The molecule has 5 nitrogen and oxygen atoms in total. The molecule has 2 fully saturated rings. The molecule has 1 saturated heterocycles. The number of aromatic nitrogens is 3. The van der Waals surface area contributed by atoms with Gasteiger partial charge in [-0.3, -0.25) is 4.79 Å². The second-order valence-electron chi connectivity index (χ2n) is 8.15. The summed E-state index contributed by atoms with van der Waals surface area (Å²) in [6, 6.07) is 8.72. The van der Waals surface area contributed by atoms with Gasteiger partial charge in [0.05, 0.1) is 0 Å². The Balaban J connectivity index is 1.29. The molecule has 0 unspecified atom stereocenters. The van der Waals surface area contributed by atoms with Crippen LogP contribution in [0.15, 0.2) is 42.9 Å². The fraction of sp³-hybridized carbons (Fsp3) is 0.455. The van der Waals surface area contributed by atoms with Crippen molar-refractivity contribution in [2.45, 2.75) is 32.2 Å². The molecule has 27 heavy (non-hydrogen) atoms. The van der Waals surface area contributed by atoms with Gasteiger partial charge in [0.2, 0.25) is 5.91 Å². The minimum Gasteiger partial charge on any atom is -0.351 e. The molecule has 3 aromatic rings. The van der Waals surface area contributed by atoms with Crippen molar-refractivity contribution in [2.75, 3.05) is 13.1 Å². The number of hydrogen-bond donors (Lipinski definition) is 0. The van der Waals surface area contributed by atoms with Gasteiger partial charge in [0, 0.05) is 67.7 Å². The fourth-order valence-corrected chi connectivity index (χ4v) is 4.34. The van der Waals surface area contributed by atoms with Gasteiger partial charge in [-0.15, -0.1) is 0 Å². The first-order valence-electron chi connectivity index (χ1n) is 10.0. The van der Waals surface area contributed by atoms with Crippen LogP contribution in [0.25, 0.3) is 22.3 Å². The highest BCUT2D eigenvalue weighted by Gasteiger charge is 2.34. The first-order valence-corrected chi connectivity index (χ1v) is 10.0. The SMILES string of the molecule is Cn1ccc2cc(-c3nccn3CC3CCN(C(=O)C4CC4)CC3)ccc21. The number of nitrogens with zero attached hydrogens (tertiary/aromatic N) is 4. The van der Waals surface area contributed by atoms with E-state index in [0.717, 1.165) is 51.1 Å². The molecule has 0 radical (unpaired) electrons. The third-order valence-corrected chi connectivity index (χ3v) is 6.17. The van der Waals surface area contributed by atoms with Crippen LogP contribution < -0.4 is 0 Å². The monoisotopic (exact) mass is 362 g/mol. The minimum absolute atomic E-state index is 0.342. The third kappa shape index (κ3) is 3.15. The van der Waals surface area contributed by atoms with Gasteiger partial charge in [0.25, 0.3) is 0 Å². The highest BCUT2D eigenvalue weighted by atomic mass is 16.2. The predicted octanol–water partition coefficient (Wildman–Crippen LogP) is 3.69. The van der Waals surface area contributed by atoms with Gasteiger partial charge in [-0.25, -0.2) is 4.98 Å². The maximum absolute atomic E-state index is 12.2. The molecule has 0 atom stereocenters. The number of rotatable bonds is 4. The molecular formula is C22H26N4O. The molecule has 0 bridgehead atoms. The van der Waals surface area contributed by atoms with Crippen LogP contribution in [-0.2, 0) is 18.4 Å². The van der Waals surface area contributed by atoms with Crippen LogP contribution in [0.5, 0.6) is 0 Å². The Labute approximate surface area is 159 Å². The van der Waals surface area contributed by atoms with Crippen LogP contribution in [0, 0.1) is 11.8 Å². The van der Waals surface area contributed by atoms with Crippen LogP contribution in [0.3, 0.4) is 0 Å². The van der Waals surface area contributed by atoms with Crippen molar-refractivity contribution < 1.29 is 4.79 Å². The van der Waals surface area contributed by atoms with E-state index in [4.69, 9.17) is 0 Å². The first kappa shape index (κ1) is 16.6. The van der Waals surface area contributed by atoms with Crippen molar-refractivity contribution in [1.29, 1.82) is 0 Å². The minimum atomic E-state index is 0.342. The van der Waals surface area contributed by atoms with Gasteiger partial charge in [-0.05, 0) is 55.9 Å². The topological polar surface area (TPSA) is 43.1 Å². The van der Waals surface area contributed by atoms with Gasteiger partial charge in [0.1, 0.15) is 5.82 Å². The lowest BCUT2D eigenvalue weighted by atomic mass is 9.96. The molecule has 3 heterocycles. The lowest BCUT2D eigenvalue weighted by Gasteiger charge is -2.32. The molecule has 5 heteroatoms. The number of fused-ring (bicyclic) bond motifs is 1. The van der Waals surface area contributed by atoms with E-state index in [0.29, 0.717) is 17.7 Å². The summed E-state index contributed by atoms with van der Waals surface area (Å²) >= 11 is 0. The van der Waals surface area contributed by atoms with Gasteiger partial charge in [0.15, 0.2) is 0 Å². The number of benzene rings is 1. The summed E-state index contributed by atoms with van der Waals surface area (Å²) in [5, 5.41) is 1.25. The molecule has 1 saturated carbocycles. The van der Waals surface area contributed by atoms with Crippen LogP contribution in [0.4, 0.5) is 0 Å². The molecule has 140 valence electrons. The fourth-order valence-electron chi connectivity index (χ4n) is 4.34. The smallest absolute Gasteiger partial charge is 0.225 e. The number of likely N-dealkylation sites (tertiary alicyclic amines) is 1. The number of amides is 1. The summed E-state index contributed by atoms with van der Waals surface area (Å²) in [6.45, 7) is 2.81. The van der Waals surface area contributed by atoms with Crippen molar-refractivity contribution in [3.8, 4) is 11.4 Å². The Hall–Kier alpha value is -2.56. The molecule has 2 aliphatic rings. The summed E-state index contributed by atoms with van der Waals surface area (Å²) in [4.78, 5) is 19.0. The molecule has 1 aliphatic heterocycles. The van der Waals surface area contributed by atoms with E-state index >= 15 is 0 Å². The Morgan fingerprint density at radius 1 is 1.11 bits per heavy atom. The van der Waals surface area contributed by atoms with Gasteiger partial charge < -0.3 is 14.0 Å². The standard InChI is InChI=1S/C22H26N4O/c1-24-10-8-18-14-19(4-5-20(18)24)21-23-9-13-26(21)15-16-6-11-25(12-7-16)22(27)17-2-3-17/h4-5,8-10,13-14,16-17H,2-3,6-7,11-12,15H2,1H3. The second kappa shape index (κ2) is 6.55. The van der Waals surface area contributed by atoms with Crippen molar-refractivity contribution in [3.63, 3.8) is 0 Å². The predicted molar refractivity (Wildman–Crippen MR) is 106 cm³/mol. The number of hydrogen-bond acceptors (Lipinski definition) is 2. The average Bonchev–Trinajstić information content (AvgIpc) is 3.34. The first-order chi connectivity index (χ1) is 13.2. The Bertz CT molecular complexity index is 973. The van der Waals surface area contributed by atoms with Gasteiger partial charge in [-0.2, -0.15) is 0 Å². The quantitative estimate of drug-likeness (QED) is 0.710. The molecule has 1 aliphatic carbocycles. The largest absolute Gasteiger partial charge is 0.351 e. The zero-order chi connectivity index (χ0) is 18.4. The van der Waals surface area contributed by atoms with E-state index in [2.05, 4.69) is 62.7 Å². The number of imidazole rings is 1. The Morgan fingerprint density at radius 3 is 2.70 bits per heavy atom. The maximum Gasteiger partial charge on any atom is 0.225 e. The van der Waals surface area contributed by atoms with Crippen molar-refractivity contribution in [1.82, 2.24) is 19.0 Å². The summed E-state index contributed by atoms with van der Waals surface area (Å²) in [7, 11) is 2.07. The van der Waals surface area contributed by atoms with Gasteiger partial charge in [-0.1, -0.05) is 0 Å². The zero-order valence-electron chi connectivity index (χ0n) is 15.8. The number of aryl methyl sites for hydroxylation is 1. The Kier molecular flexibility index (Phi) is 4.03.